The number of ether oxygens (including phenoxy) is 1. The summed E-state index contributed by atoms with van der Waals surface area (Å²) < 4.78 is 5.62. The number of Topliss-reactive ketones (excluding diaryl/α,β-unsaturated/α-hetero) is 1. The molecule has 0 aliphatic carbocycles. The summed E-state index contributed by atoms with van der Waals surface area (Å²) in [5.74, 6) is -1.19. The number of amides is 1. The molecule has 2 aromatic carbocycles. The van der Waals surface area contributed by atoms with Crippen molar-refractivity contribution in [3.05, 3.63) is 82.3 Å². The summed E-state index contributed by atoms with van der Waals surface area (Å²) in [6, 6.07) is 17.4. The van der Waals surface area contributed by atoms with E-state index in [2.05, 4.69) is 0 Å². The lowest BCUT2D eigenvalue weighted by molar-refractivity contribution is -0.123. The molecule has 0 radical (unpaired) electrons. The zero-order valence-corrected chi connectivity index (χ0v) is 19.9. The van der Waals surface area contributed by atoms with Gasteiger partial charge in [-0.2, -0.15) is 16.6 Å². The molecule has 4 rings (SSSR count). The summed E-state index contributed by atoms with van der Waals surface area (Å²) in [6.45, 7) is 5.04. The molecule has 0 bridgehead atoms. The molecule has 1 aliphatic rings. The SMILES string of the molecule is CC(C)(C)C(=O)C1=C(O)C(=O)N(c2ccc(-c3ccsc3)cc2)C1c1ccccc1OCC#N. The van der Waals surface area contributed by atoms with E-state index in [4.69, 9.17) is 10.00 Å². The minimum absolute atomic E-state index is 0.0208. The molecular formula is C27H24N2O4S. The van der Waals surface area contributed by atoms with Crippen LogP contribution in [0.25, 0.3) is 11.1 Å². The van der Waals surface area contributed by atoms with Crippen LogP contribution in [0.3, 0.4) is 0 Å². The average Bonchev–Trinajstić information content (AvgIpc) is 3.44. The predicted octanol–water partition coefficient (Wildman–Crippen LogP) is 5.83. The second-order valence-electron chi connectivity index (χ2n) is 8.96. The highest BCUT2D eigenvalue weighted by atomic mass is 32.1. The average molecular weight is 473 g/mol. The molecule has 1 unspecified atom stereocenters. The first-order valence-electron chi connectivity index (χ1n) is 10.8. The molecule has 1 atom stereocenters. The predicted molar refractivity (Wildman–Crippen MR) is 132 cm³/mol. The summed E-state index contributed by atoms with van der Waals surface area (Å²) in [6.07, 6.45) is 0. The summed E-state index contributed by atoms with van der Waals surface area (Å²) in [5, 5.41) is 23.9. The van der Waals surface area contributed by atoms with E-state index in [0.29, 0.717) is 17.0 Å². The van der Waals surface area contributed by atoms with E-state index in [1.165, 1.54) is 4.90 Å². The van der Waals surface area contributed by atoms with E-state index >= 15 is 0 Å². The third-order valence-corrected chi connectivity index (χ3v) is 6.32. The standard InChI is InChI=1S/C27H24N2O4S/c1-27(2,3)25(31)22-23(20-6-4-5-7-21(20)33-14-13-28)29(26(32)24(22)30)19-10-8-17(9-11-19)18-12-15-34-16-18/h4-12,15-16,23,30H,14H2,1-3H3. The van der Waals surface area contributed by atoms with E-state index in [1.807, 2.05) is 35.0 Å². The number of hydrogen-bond acceptors (Lipinski definition) is 6. The fourth-order valence-electron chi connectivity index (χ4n) is 3.99. The molecule has 1 amide bonds. The third kappa shape index (κ3) is 4.20. The summed E-state index contributed by atoms with van der Waals surface area (Å²) in [5.41, 5.74) is 2.31. The monoisotopic (exact) mass is 472 g/mol. The van der Waals surface area contributed by atoms with Crippen molar-refractivity contribution < 1.29 is 19.4 Å². The maximum Gasteiger partial charge on any atom is 0.294 e. The van der Waals surface area contributed by atoms with Crippen molar-refractivity contribution in [1.29, 1.82) is 5.26 Å². The Labute approximate surface area is 202 Å². The molecule has 0 saturated carbocycles. The number of anilines is 1. The van der Waals surface area contributed by atoms with E-state index < -0.39 is 23.1 Å². The zero-order valence-electron chi connectivity index (χ0n) is 19.1. The number of carbonyl (C=O) groups is 2. The van der Waals surface area contributed by atoms with Gasteiger partial charge in [0, 0.05) is 16.7 Å². The Bertz CT molecular complexity index is 1300. The van der Waals surface area contributed by atoms with Crippen molar-refractivity contribution in [2.24, 2.45) is 5.41 Å². The van der Waals surface area contributed by atoms with Crippen LogP contribution in [0.2, 0.25) is 0 Å². The topological polar surface area (TPSA) is 90.6 Å². The molecule has 0 saturated heterocycles. The number of nitrogens with zero attached hydrogens (tertiary/aromatic N) is 2. The van der Waals surface area contributed by atoms with Gasteiger partial charge in [0.25, 0.3) is 5.91 Å². The number of aliphatic hydroxyl groups is 1. The highest BCUT2D eigenvalue weighted by molar-refractivity contribution is 7.08. The van der Waals surface area contributed by atoms with Crippen molar-refractivity contribution in [3.8, 4) is 22.9 Å². The number of ketones is 1. The first kappa shape index (κ1) is 23.3. The van der Waals surface area contributed by atoms with Gasteiger partial charge < -0.3 is 9.84 Å². The quantitative estimate of drug-likeness (QED) is 0.487. The van der Waals surface area contributed by atoms with E-state index in [9.17, 15) is 14.7 Å². The van der Waals surface area contributed by atoms with E-state index in [1.54, 1.807) is 68.5 Å². The lowest BCUT2D eigenvalue weighted by atomic mass is 9.82. The van der Waals surface area contributed by atoms with Gasteiger partial charge in [0.15, 0.2) is 18.1 Å². The molecule has 1 aliphatic heterocycles. The fourth-order valence-corrected chi connectivity index (χ4v) is 4.66. The van der Waals surface area contributed by atoms with Crippen LogP contribution < -0.4 is 9.64 Å². The Balaban J connectivity index is 1.85. The maximum absolute atomic E-state index is 13.4. The van der Waals surface area contributed by atoms with Gasteiger partial charge in [0.05, 0.1) is 11.6 Å². The third-order valence-electron chi connectivity index (χ3n) is 5.64. The molecule has 34 heavy (non-hydrogen) atoms. The smallest absolute Gasteiger partial charge is 0.294 e. The van der Waals surface area contributed by atoms with Gasteiger partial charge in [0.1, 0.15) is 11.8 Å². The fraction of sp³-hybridized carbons (Fsp3) is 0.222. The van der Waals surface area contributed by atoms with Crippen LogP contribution in [0.1, 0.15) is 32.4 Å². The van der Waals surface area contributed by atoms with Gasteiger partial charge in [-0.3, -0.25) is 14.5 Å². The van der Waals surface area contributed by atoms with Gasteiger partial charge in [-0.1, -0.05) is 51.1 Å². The molecule has 3 aromatic rings. The molecular weight excluding hydrogens is 448 g/mol. The second kappa shape index (κ2) is 9.16. The Morgan fingerprint density at radius 3 is 2.44 bits per heavy atom. The van der Waals surface area contributed by atoms with Crippen LogP contribution in [0, 0.1) is 16.7 Å². The number of nitriles is 1. The first-order valence-corrected chi connectivity index (χ1v) is 11.7. The molecule has 0 spiro atoms. The van der Waals surface area contributed by atoms with E-state index in [-0.39, 0.29) is 18.0 Å². The maximum atomic E-state index is 13.4. The highest BCUT2D eigenvalue weighted by Crippen LogP contribution is 2.46. The van der Waals surface area contributed by atoms with Crippen LogP contribution in [-0.4, -0.2) is 23.4 Å². The summed E-state index contributed by atoms with van der Waals surface area (Å²) >= 11 is 1.60. The number of aliphatic hydroxyl groups excluding tert-OH is 1. The second-order valence-corrected chi connectivity index (χ2v) is 9.74. The summed E-state index contributed by atoms with van der Waals surface area (Å²) in [7, 11) is 0. The molecule has 1 aromatic heterocycles. The molecule has 6 nitrogen and oxygen atoms in total. The van der Waals surface area contributed by atoms with Crippen molar-refractivity contribution in [3.63, 3.8) is 0 Å². The van der Waals surface area contributed by atoms with Crippen LogP contribution >= 0.6 is 11.3 Å². The number of benzene rings is 2. The minimum Gasteiger partial charge on any atom is -0.503 e. The number of rotatable bonds is 6. The van der Waals surface area contributed by atoms with E-state index in [0.717, 1.165) is 11.1 Å². The van der Waals surface area contributed by atoms with Crippen molar-refractivity contribution in [2.75, 3.05) is 11.5 Å². The molecule has 172 valence electrons. The van der Waals surface area contributed by atoms with Crippen LogP contribution in [0.4, 0.5) is 5.69 Å². The van der Waals surface area contributed by atoms with Crippen molar-refractivity contribution in [1.82, 2.24) is 0 Å². The number of thiophene rings is 1. The zero-order chi connectivity index (χ0) is 24.5. The van der Waals surface area contributed by atoms with Gasteiger partial charge in [-0.15, -0.1) is 0 Å². The van der Waals surface area contributed by atoms with Crippen molar-refractivity contribution >= 4 is 28.7 Å². The Morgan fingerprint density at radius 2 is 1.82 bits per heavy atom. The van der Waals surface area contributed by atoms with Crippen LogP contribution in [0.15, 0.2) is 76.7 Å². The molecule has 7 heteroatoms. The van der Waals surface area contributed by atoms with Crippen molar-refractivity contribution in [2.45, 2.75) is 26.8 Å². The van der Waals surface area contributed by atoms with Gasteiger partial charge in [-0.25, -0.2) is 0 Å². The normalized spacial score (nSPS) is 16.0. The molecule has 1 N–H and O–H groups in total. The Kier molecular flexibility index (Phi) is 6.27. The largest absolute Gasteiger partial charge is 0.503 e. The minimum atomic E-state index is -0.902. The van der Waals surface area contributed by atoms with Crippen LogP contribution in [0.5, 0.6) is 5.75 Å². The highest BCUT2D eigenvalue weighted by Gasteiger charge is 2.47. The molecule has 2 heterocycles. The van der Waals surface area contributed by atoms with Gasteiger partial charge in [-0.05, 0) is 46.2 Å². The molecule has 0 fully saturated rings. The summed E-state index contributed by atoms with van der Waals surface area (Å²) in [4.78, 5) is 28.2. The lowest BCUT2D eigenvalue weighted by Gasteiger charge is -2.30. The number of hydrogen-bond donors (Lipinski definition) is 1. The van der Waals surface area contributed by atoms with Gasteiger partial charge >= 0.3 is 0 Å². The Hall–Kier alpha value is -3.89. The number of carbonyl (C=O) groups excluding carboxylic acids is 2. The van der Waals surface area contributed by atoms with Gasteiger partial charge in [0.2, 0.25) is 0 Å². The number of para-hydroxylation sites is 1. The lowest BCUT2D eigenvalue weighted by Crippen LogP contribution is -2.33. The van der Waals surface area contributed by atoms with Crippen LogP contribution in [-0.2, 0) is 9.59 Å². The Morgan fingerprint density at radius 1 is 1.12 bits per heavy atom. The first-order chi connectivity index (χ1) is 16.2.